The van der Waals surface area contributed by atoms with Crippen molar-refractivity contribution >= 4 is 27.6 Å². The van der Waals surface area contributed by atoms with E-state index in [1.54, 1.807) is 0 Å². The zero-order valence-electron chi connectivity index (χ0n) is 11.2. The van der Waals surface area contributed by atoms with Gasteiger partial charge in [-0.1, -0.05) is 17.2 Å². The molecule has 1 aromatic heterocycles. The lowest BCUT2D eigenvalue weighted by Crippen LogP contribution is -2.35. The Bertz CT molecular complexity index is 548. The quantitative estimate of drug-likeness (QED) is 0.901. The molecule has 2 aromatic rings. The number of anilines is 2. The van der Waals surface area contributed by atoms with E-state index in [4.69, 9.17) is 4.42 Å². The average Bonchev–Trinajstić information content (AvgIpc) is 2.77. The molecule has 6 heteroatoms. The topological polar surface area (TPSA) is 63.0 Å². The van der Waals surface area contributed by atoms with Crippen molar-refractivity contribution in [1.82, 2.24) is 15.5 Å². The fraction of sp³-hybridized carbons (Fsp3) is 0.385. The van der Waals surface area contributed by atoms with E-state index in [-0.39, 0.29) is 5.54 Å². The van der Waals surface area contributed by atoms with Gasteiger partial charge in [0.15, 0.2) is 0 Å². The molecule has 2 N–H and O–H groups in total. The van der Waals surface area contributed by atoms with E-state index in [9.17, 15) is 0 Å². The molecule has 0 saturated carbocycles. The molecule has 0 aliphatic carbocycles. The lowest BCUT2D eigenvalue weighted by molar-refractivity contribution is 0.384. The van der Waals surface area contributed by atoms with Gasteiger partial charge in [0, 0.05) is 10.0 Å². The maximum Gasteiger partial charge on any atom is 0.320 e. The summed E-state index contributed by atoms with van der Waals surface area (Å²) in [5.41, 5.74) is 0.909. The summed E-state index contributed by atoms with van der Waals surface area (Å²) in [5, 5.41) is 14.3. The van der Waals surface area contributed by atoms with Gasteiger partial charge < -0.3 is 15.1 Å². The van der Waals surface area contributed by atoms with Crippen LogP contribution in [0.25, 0.3) is 0 Å². The largest absolute Gasteiger partial charge is 0.406 e. The summed E-state index contributed by atoms with van der Waals surface area (Å²) in [4.78, 5) is 0. The molecule has 0 bridgehead atoms. The molecule has 1 aromatic carbocycles. The number of benzene rings is 1. The Hall–Kier alpha value is -1.40. The Morgan fingerprint density at radius 2 is 1.95 bits per heavy atom. The number of aromatic nitrogens is 2. The summed E-state index contributed by atoms with van der Waals surface area (Å²) >= 11 is 3.45. The van der Waals surface area contributed by atoms with Gasteiger partial charge in [-0.25, -0.2) is 0 Å². The fourth-order valence-electron chi connectivity index (χ4n) is 1.39. The second-order valence-electron chi connectivity index (χ2n) is 5.21. The molecule has 0 amide bonds. The highest BCUT2D eigenvalue weighted by Gasteiger charge is 2.12. The van der Waals surface area contributed by atoms with Crippen LogP contribution in [-0.4, -0.2) is 15.7 Å². The number of halogens is 1. The second kappa shape index (κ2) is 5.71. The minimum atomic E-state index is 0.0184. The molecule has 2 rings (SSSR count). The molecular weight excluding hydrogens is 308 g/mol. The van der Waals surface area contributed by atoms with E-state index >= 15 is 0 Å². The Morgan fingerprint density at radius 1 is 1.21 bits per heavy atom. The summed E-state index contributed by atoms with van der Waals surface area (Å²) in [6, 6.07) is 8.15. The number of nitrogens with one attached hydrogen (secondary N) is 2. The van der Waals surface area contributed by atoms with Gasteiger partial charge in [0.05, 0.1) is 12.2 Å². The Labute approximate surface area is 120 Å². The van der Waals surface area contributed by atoms with Gasteiger partial charge in [-0.05, 0) is 48.8 Å². The lowest BCUT2D eigenvalue weighted by atomic mass is 10.1. The van der Waals surface area contributed by atoms with Crippen LogP contribution in [0.3, 0.4) is 0 Å². The first-order chi connectivity index (χ1) is 8.94. The minimum absolute atomic E-state index is 0.0184. The average molecular weight is 325 g/mol. The fourth-order valence-corrected chi connectivity index (χ4v) is 1.78. The molecule has 19 heavy (non-hydrogen) atoms. The van der Waals surface area contributed by atoms with Gasteiger partial charge in [-0.3, -0.25) is 0 Å². The lowest BCUT2D eigenvalue weighted by Gasteiger charge is -2.18. The van der Waals surface area contributed by atoms with Crippen LogP contribution >= 0.6 is 15.9 Å². The van der Waals surface area contributed by atoms with Gasteiger partial charge in [0.25, 0.3) is 0 Å². The predicted octanol–water partition coefficient (Wildman–Crippen LogP) is 3.46. The highest BCUT2D eigenvalue weighted by atomic mass is 79.9. The van der Waals surface area contributed by atoms with Gasteiger partial charge in [-0.2, -0.15) is 0 Å². The maximum atomic E-state index is 5.52. The van der Waals surface area contributed by atoms with Crippen molar-refractivity contribution < 1.29 is 4.42 Å². The number of hydrogen-bond donors (Lipinski definition) is 2. The van der Waals surface area contributed by atoms with E-state index in [1.807, 2.05) is 24.3 Å². The normalized spacial score (nSPS) is 11.6. The van der Waals surface area contributed by atoms with E-state index in [1.165, 1.54) is 0 Å². The van der Waals surface area contributed by atoms with Crippen LogP contribution in [0, 0.1) is 0 Å². The number of para-hydroxylation sites is 1. The second-order valence-corrected chi connectivity index (χ2v) is 6.06. The third-order valence-electron chi connectivity index (χ3n) is 2.35. The molecule has 0 fully saturated rings. The van der Waals surface area contributed by atoms with Crippen molar-refractivity contribution in [1.29, 1.82) is 0 Å². The van der Waals surface area contributed by atoms with Crippen LogP contribution in [0.1, 0.15) is 26.7 Å². The Balaban J connectivity index is 2.00. The van der Waals surface area contributed by atoms with Crippen LogP contribution in [0.2, 0.25) is 0 Å². The van der Waals surface area contributed by atoms with Crippen molar-refractivity contribution in [3.05, 3.63) is 34.6 Å². The molecule has 5 nitrogen and oxygen atoms in total. The van der Waals surface area contributed by atoms with Crippen molar-refractivity contribution in [3.63, 3.8) is 0 Å². The highest BCUT2D eigenvalue weighted by molar-refractivity contribution is 9.10. The van der Waals surface area contributed by atoms with Crippen LogP contribution in [0.5, 0.6) is 0 Å². The summed E-state index contributed by atoms with van der Waals surface area (Å²) in [6.07, 6.45) is 0. The Kier molecular flexibility index (Phi) is 4.21. The van der Waals surface area contributed by atoms with Crippen molar-refractivity contribution in [3.8, 4) is 0 Å². The molecule has 0 aliphatic rings. The first-order valence-corrected chi connectivity index (χ1v) is 6.82. The smallest absolute Gasteiger partial charge is 0.320 e. The third kappa shape index (κ3) is 4.33. The van der Waals surface area contributed by atoms with Gasteiger partial charge in [-0.15, -0.1) is 5.10 Å². The SMILES string of the molecule is CC(C)(C)NCc1nnc(Nc2ccccc2Br)o1. The molecule has 102 valence electrons. The van der Waals surface area contributed by atoms with Crippen molar-refractivity contribution in [2.75, 3.05) is 5.32 Å². The minimum Gasteiger partial charge on any atom is -0.406 e. The molecule has 0 unspecified atom stereocenters. The highest BCUT2D eigenvalue weighted by Crippen LogP contribution is 2.24. The molecule has 0 saturated heterocycles. The monoisotopic (exact) mass is 324 g/mol. The summed E-state index contributed by atoms with van der Waals surface area (Å²) < 4.78 is 6.47. The van der Waals surface area contributed by atoms with Gasteiger partial charge in [0.2, 0.25) is 5.89 Å². The van der Waals surface area contributed by atoms with Crippen molar-refractivity contribution in [2.45, 2.75) is 32.9 Å². The molecule has 0 radical (unpaired) electrons. The number of hydrogen-bond acceptors (Lipinski definition) is 5. The van der Waals surface area contributed by atoms with Gasteiger partial charge >= 0.3 is 6.01 Å². The van der Waals surface area contributed by atoms with Crippen LogP contribution in [0.4, 0.5) is 11.7 Å². The zero-order chi connectivity index (χ0) is 13.9. The van der Waals surface area contributed by atoms with E-state index in [0.717, 1.165) is 10.2 Å². The molecule has 1 heterocycles. The predicted molar refractivity (Wildman–Crippen MR) is 78.3 cm³/mol. The van der Waals surface area contributed by atoms with E-state index < -0.39 is 0 Å². The van der Waals surface area contributed by atoms with E-state index in [0.29, 0.717) is 18.5 Å². The van der Waals surface area contributed by atoms with Crippen LogP contribution in [0.15, 0.2) is 33.2 Å². The molecule has 0 aliphatic heterocycles. The summed E-state index contributed by atoms with van der Waals surface area (Å²) in [7, 11) is 0. The van der Waals surface area contributed by atoms with Crippen LogP contribution < -0.4 is 10.6 Å². The number of rotatable bonds is 4. The number of nitrogens with zero attached hydrogens (tertiary/aromatic N) is 2. The Morgan fingerprint density at radius 3 is 2.63 bits per heavy atom. The molecule has 0 spiro atoms. The first kappa shape index (κ1) is 14.0. The van der Waals surface area contributed by atoms with Crippen LogP contribution in [-0.2, 0) is 6.54 Å². The van der Waals surface area contributed by atoms with E-state index in [2.05, 4.69) is 57.5 Å². The zero-order valence-corrected chi connectivity index (χ0v) is 12.8. The molecule has 0 atom stereocenters. The van der Waals surface area contributed by atoms with Crippen molar-refractivity contribution in [2.24, 2.45) is 0 Å². The maximum absolute atomic E-state index is 5.52. The summed E-state index contributed by atoms with van der Waals surface area (Å²) in [6.45, 7) is 6.81. The first-order valence-electron chi connectivity index (χ1n) is 6.03. The summed E-state index contributed by atoms with van der Waals surface area (Å²) in [5.74, 6) is 0.560. The third-order valence-corrected chi connectivity index (χ3v) is 3.04. The van der Waals surface area contributed by atoms with Gasteiger partial charge in [0.1, 0.15) is 0 Å². The standard InChI is InChI=1S/C13H17BrN4O/c1-13(2,3)15-8-11-17-18-12(19-11)16-10-7-5-4-6-9(10)14/h4-7,15H,8H2,1-3H3,(H,16,18). The molecular formula is C13H17BrN4O.